The fraction of sp³-hybridized carbons (Fsp3) is 0.429. The number of nitrogens with zero attached hydrogens (tertiary/aromatic N) is 2. The first-order valence-corrected chi connectivity index (χ1v) is 8.09. The minimum atomic E-state index is -0.0881. The highest BCUT2D eigenvalue weighted by atomic mass is 79.9. The maximum atomic E-state index is 6.22. The van der Waals surface area contributed by atoms with Crippen molar-refractivity contribution in [1.82, 2.24) is 14.8 Å². The van der Waals surface area contributed by atoms with Gasteiger partial charge in [-0.2, -0.15) is 5.10 Å². The van der Waals surface area contributed by atoms with Crippen molar-refractivity contribution in [2.45, 2.75) is 25.2 Å². The van der Waals surface area contributed by atoms with Gasteiger partial charge in [0, 0.05) is 16.5 Å². The Morgan fingerprint density at radius 2 is 2.15 bits per heavy atom. The standard InChI is InChI=1S/C14H15BrClN3S/c1-8-6-14(7-8,12-17-18-13(20)19(12)2)9-3-10(15)5-11(16)4-9/h3-5,8H,6-7H2,1-2H3,(H,18,20). The lowest BCUT2D eigenvalue weighted by molar-refractivity contribution is 0.185. The van der Waals surface area contributed by atoms with Crippen LogP contribution in [0.3, 0.4) is 0 Å². The number of rotatable bonds is 2. The SMILES string of the molecule is CC1CC(c2cc(Cl)cc(Br)c2)(c2n[nH]c(=S)n2C)C1. The zero-order valence-corrected chi connectivity index (χ0v) is 14.4. The van der Waals surface area contributed by atoms with Crippen molar-refractivity contribution in [3.05, 3.63) is 43.9 Å². The van der Waals surface area contributed by atoms with Gasteiger partial charge in [-0.1, -0.05) is 34.5 Å². The minimum Gasteiger partial charge on any atom is -0.307 e. The van der Waals surface area contributed by atoms with E-state index in [-0.39, 0.29) is 5.41 Å². The lowest BCUT2D eigenvalue weighted by atomic mass is 9.58. The predicted octanol–water partition coefficient (Wildman–Crippen LogP) is 4.61. The smallest absolute Gasteiger partial charge is 0.194 e. The maximum Gasteiger partial charge on any atom is 0.194 e. The van der Waals surface area contributed by atoms with Crippen LogP contribution in [0, 0.1) is 10.7 Å². The summed E-state index contributed by atoms with van der Waals surface area (Å²) in [6.45, 7) is 2.26. The zero-order chi connectivity index (χ0) is 14.5. The molecular formula is C14H15BrClN3S. The fourth-order valence-corrected chi connectivity index (χ4v) is 4.27. The minimum absolute atomic E-state index is 0.0881. The second-order valence-electron chi connectivity index (χ2n) is 5.67. The molecule has 1 aromatic carbocycles. The van der Waals surface area contributed by atoms with Gasteiger partial charge in [0.15, 0.2) is 4.77 Å². The third kappa shape index (κ3) is 2.16. The van der Waals surface area contributed by atoms with E-state index < -0.39 is 0 Å². The first kappa shape index (κ1) is 14.3. The van der Waals surface area contributed by atoms with Gasteiger partial charge in [-0.25, -0.2) is 0 Å². The van der Waals surface area contributed by atoms with Crippen LogP contribution in [0.1, 0.15) is 31.2 Å². The second kappa shape index (κ2) is 4.97. The van der Waals surface area contributed by atoms with Crippen LogP contribution in [0.4, 0.5) is 0 Å². The molecule has 1 aliphatic carbocycles. The molecule has 20 heavy (non-hydrogen) atoms. The fourth-order valence-electron chi connectivity index (χ4n) is 3.28. The summed E-state index contributed by atoms with van der Waals surface area (Å²) in [6.07, 6.45) is 2.13. The molecule has 2 aromatic rings. The van der Waals surface area contributed by atoms with Gasteiger partial charge in [0.25, 0.3) is 0 Å². The average Bonchev–Trinajstić information content (AvgIpc) is 2.65. The van der Waals surface area contributed by atoms with Gasteiger partial charge >= 0.3 is 0 Å². The number of halogens is 2. The van der Waals surface area contributed by atoms with Crippen LogP contribution in [0.5, 0.6) is 0 Å². The van der Waals surface area contributed by atoms with Crippen molar-refractivity contribution in [1.29, 1.82) is 0 Å². The summed E-state index contributed by atoms with van der Waals surface area (Å²) in [4.78, 5) is 0. The van der Waals surface area contributed by atoms with E-state index in [0.717, 1.165) is 28.2 Å². The summed E-state index contributed by atoms with van der Waals surface area (Å²) >= 11 is 15.0. The van der Waals surface area contributed by atoms with E-state index in [1.807, 2.05) is 23.7 Å². The number of aromatic amines is 1. The summed E-state index contributed by atoms with van der Waals surface area (Å²) in [7, 11) is 1.96. The van der Waals surface area contributed by atoms with E-state index >= 15 is 0 Å². The van der Waals surface area contributed by atoms with E-state index in [1.165, 1.54) is 5.56 Å². The van der Waals surface area contributed by atoms with E-state index in [1.54, 1.807) is 0 Å². The molecule has 0 radical (unpaired) electrons. The number of hydrogen-bond donors (Lipinski definition) is 1. The highest BCUT2D eigenvalue weighted by molar-refractivity contribution is 9.10. The Kier molecular flexibility index (Phi) is 3.55. The molecular weight excluding hydrogens is 358 g/mol. The average molecular weight is 373 g/mol. The molecule has 1 saturated carbocycles. The molecule has 1 aromatic heterocycles. The van der Waals surface area contributed by atoms with Gasteiger partial charge in [-0.15, -0.1) is 0 Å². The Balaban J connectivity index is 2.18. The van der Waals surface area contributed by atoms with Gasteiger partial charge in [0.2, 0.25) is 0 Å². The van der Waals surface area contributed by atoms with Crippen molar-refractivity contribution in [2.24, 2.45) is 13.0 Å². The molecule has 0 atom stereocenters. The van der Waals surface area contributed by atoms with Crippen molar-refractivity contribution in [3.8, 4) is 0 Å². The van der Waals surface area contributed by atoms with Crippen LogP contribution in [-0.2, 0) is 12.5 Å². The first-order chi connectivity index (χ1) is 9.42. The Morgan fingerprint density at radius 3 is 2.65 bits per heavy atom. The third-order valence-electron chi connectivity index (χ3n) is 4.12. The topological polar surface area (TPSA) is 33.6 Å². The summed E-state index contributed by atoms with van der Waals surface area (Å²) < 4.78 is 3.62. The van der Waals surface area contributed by atoms with Gasteiger partial charge in [0.1, 0.15) is 5.82 Å². The van der Waals surface area contributed by atoms with Gasteiger partial charge in [-0.3, -0.25) is 5.10 Å². The Bertz CT molecular complexity index is 695. The molecule has 1 fully saturated rings. The number of nitrogens with one attached hydrogen (secondary N) is 1. The Labute approximate surface area is 136 Å². The largest absolute Gasteiger partial charge is 0.307 e. The number of H-pyrrole nitrogens is 1. The molecule has 0 saturated heterocycles. The molecule has 1 heterocycles. The molecule has 3 rings (SSSR count). The monoisotopic (exact) mass is 371 g/mol. The van der Waals surface area contributed by atoms with E-state index in [9.17, 15) is 0 Å². The van der Waals surface area contributed by atoms with Crippen molar-refractivity contribution in [3.63, 3.8) is 0 Å². The third-order valence-corrected chi connectivity index (χ3v) is 5.16. The molecule has 3 nitrogen and oxygen atoms in total. The van der Waals surface area contributed by atoms with E-state index in [4.69, 9.17) is 23.8 Å². The molecule has 0 spiro atoms. The van der Waals surface area contributed by atoms with E-state index in [2.05, 4.69) is 39.1 Å². The van der Waals surface area contributed by atoms with Crippen LogP contribution in [0.2, 0.25) is 5.02 Å². The lowest BCUT2D eigenvalue weighted by Crippen LogP contribution is -2.43. The quantitative estimate of drug-likeness (QED) is 0.781. The normalized spacial score (nSPS) is 25.5. The van der Waals surface area contributed by atoms with Crippen LogP contribution in [-0.4, -0.2) is 14.8 Å². The van der Waals surface area contributed by atoms with Crippen molar-refractivity contribution in [2.75, 3.05) is 0 Å². The Morgan fingerprint density at radius 1 is 1.45 bits per heavy atom. The Hall–Kier alpha value is -0.650. The summed E-state index contributed by atoms with van der Waals surface area (Å²) in [5.74, 6) is 1.67. The summed E-state index contributed by atoms with van der Waals surface area (Å²) in [6, 6.07) is 6.08. The number of aromatic nitrogens is 3. The lowest BCUT2D eigenvalue weighted by Gasteiger charge is -2.46. The van der Waals surface area contributed by atoms with Gasteiger partial charge < -0.3 is 4.57 Å². The molecule has 1 N–H and O–H groups in total. The maximum absolute atomic E-state index is 6.22. The molecule has 6 heteroatoms. The molecule has 0 aliphatic heterocycles. The summed E-state index contributed by atoms with van der Waals surface area (Å²) in [5.41, 5.74) is 1.11. The van der Waals surface area contributed by atoms with Crippen molar-refractivity contribution >= 4 is 39.7 Å². The van der Waals surface area contributed by atoms with Gasteiger partial charge in [0.05, 0.1) is 5.41 Å². The highest BCUT2D eigenvalue weighted by Crippen LogP contribution is 2.52. The van der Waals surface area contributed by atoms with E-state index in [0.29, 0.717) is 10.7 Å². The van der Waals surface area contributed by atoms with Crippen LogP contribution in [0.15, 0.2) is 22.7 Å². The van der Waals surface area contributed by atoms with Crippen molar-refractivity contribution < 1.29 is 0 Å². The van der Waals surface area contributed by atoms with Crippen LogP contribution in [0.25, 0.3) is 0 Å². The molecule has 0 bridgehead atoms. The first-order valence-electron chi connectivity index (χ1n) is 6.51. The molecule has 106 valence electrons. The molecule has 0 amide bonds. The highest BCUT2D eigenvalue weighted by Gasteiger charge is 2.48. The zero-order valence-electron chi connectivity index (χ0n) is 11.3. The molecule has 1 aliphatic rings. The predicted molar refractivity (Wildman–Crippen MR) is 86.7 cm³/mol. The van der Waals surface area contributed by atoms with Crippen LogP contribution < -0.4 is 0 Å². The van der Waals surface area contributed by atoms with Crippen LogP contribution >= 0.6 is 39.7 Å². The van der Waals surface area contributed by atoms with Gasteiger partial charge in [-0.05, 0) is 54.7 Å². The molecule has 0 unspecified atom stereocenters. The second-order valence-corrected chi connectivity index (χ2v) is 7.40. The number of benzene rings is 1. The number of hydrogen-bond acceptors (Lipinski definition) is 2. The summed E-state index contributed by atoms with van der Waals surface area (Å²) in [5, 5.41) is 8.10.